The third-order valence-electron chi connectivity index (χ3n) is 3.79. The van der Waals surface area contributed by atoms with Gasteiger partial charge in [-0.2, -0.15) is 0 Å². The topological polar surface area (TPSA) is 52.9 Å². The van der Waals surface area contributed by atoms with Gasteiger partial charge in [-0.3, -0.25) is 4.90 Å². The van der Waals surface area contributed by atoms with Gasteiger partial charge in [0.15, 0.2) is 0 Å². The molecule has 20 heavy (non-hydrogen) atoms. The number of aliphatic hydroxyl groups is 2. The summed E-state index contributed by atoms with van der Waals surface area (Å²) in [6.07, 6.45) is 0.0884. The van der Waals surface area contributed by atoms with E-state index < -0.39 is 6.10 Å². The summed E-state index contributed by atoms with van der Waals surface area (Å²) in [5, 5.41) is 19.5. The Labute approximate surface area is 128 Å². The molecule has 112 valence electrons. The highest BCUT2D eigenvalue weighted by molar-refractivity contribution is 9.10. The van der Waals surface area contributed by atoms with E-state index in [2.05, 4.69) is 27.8 Å². The van der Waals surface area contributed by atoms with Crippen molar-refractivity contribution in [3.8, 4) is 0 Å². The van der Waals surface area contributed by atoms with Crippen LogP contribution in [0.4, 0.5) is 0 Å². The minimum atomic E-state index is -0.479. The predicted molar refractivity (Wildman–Crippen MR) is 81.6 cm³/mol. The Balaban J connectivity index is 1.89. The molecule has 4 nitrogen and oxygen atoms in total. The first kappa shape index (κ1) is 15.9. The number of rotatable bonds is 5. The van der Waals surface area contributed by atoms with Crippen LogP contribution >= 0.6 is 15.9 Å². The number of nitrogens with zero attached hydrogens (tertiary/aromatic N) is 1. The molecule has 0 aromatic heterocycles. The monoisotopic (exact) mass is 343 g/mol. The Kier molecular flexibility index (Phi) is 5.99. The number of morpholine rings is 1. The third kappa shape index (κ3) is 4.02. The van der Waals surface area contributed by atoms with Gasteiger partial charge < -0.3 is 14.9 Å². The number of aliphatic hydroxyl groups excluding tert-OH is 2. The molecule has 3 atom stereocenters. The summed E-state index contributed by atoms with van der Waals surface area (Å²) in [7, 11) is 0. The molecule has 3 unspecified atom stereocenters. The minimum absolute atomic E-state index is 0.0516. The van der Waals surface area contributed by atoms with E-state index in [0.29, 0.717) is 19.1 Å². The van der Waals surface area contributed by atoms with Crippen LogP contribution < -0.4 is 0 Å². The Morgan fingerprint density at radius 3 is 2.90 bits per heavy atom. The van der Waals surface area contributed by atoms with Gasteiger partial charge >= 0.3 is 0 Å². The lowest BCUT2D eigenvalue weighted by molar-refractivity contribution is -0.0801. The van der Waals surface area contributed by atoms with E-state index in [1.807, 2.05) is 24.3 Å². The van der Waals surface area contributed by atoms with Crippen molar-refractivity contribution in [2.75, 3.05) is 26.3 Å². The van der Waals surface area contributed by atoms with Gasteiger partial charge in [-0.25, -0.2) is 0 Å². The normalized spacial score (nSPS) is 25.6. The average molecular weight is 344 g/mol. The van der Waals surface area contributed by atoms with Gasteiger partial charge in [-0.1, -0.05) is 34.1 Å². The van der Waals surface area contributed by atoms with Gasteiger partial charge in [-0.05, 0) is 25.0 Å². The smallest absolute Gasteiger partial charge is 0.0933 e. The second-order valence-electron chi connectivity index (χ2n) is 5.31. The van der Waals surface area contributed by atoms with Crippen LogP contribution in [0.1, 0.15) is 25.0 Å². The molecule has 0 aliphatic carbocycles. The molecule has 0 radical (unpaired) electrons. The fourth-order valence-corrected chi connectivity index (χ4v) is 3.04. The van der Waals surface area contributed by atoms with Crippen LogP contribution in [-0.4, -0.2) is 53.6 Å². The molecule has 1 fully saturated rings. The summed E-state index contributed by atoms with van der Waals surface area (Å²) < 4.78 is 6.46. The lowest BCUT2D eigenvalue weighted by atomic mass is 10.1. The van der Waals surface area contributed by atoms with Crippen molar-refractivity contribution in [3.63, 3.8) is 0 Å². The predicted octanol–water partition coefficient (Wildman–Crippen LogP) is 1.95. The van der Waals surface area contributed by atoms with E-state index in [4.69, 9.17) is 4.74 Å². The van der Waals surface area contributed by atoms with Crippen LogP contribution in [-0.2, 0) is 4.74 Å². The molecule has 1 heterocycles. The number of ether oxygens (including phenoxy) is 1. The van der Waals surface area contributed by atoms with Crippen LogP contribution in [0.5, 0.6) is 0 Å². The first-order chi connectivity index (χ1) is 9.61. The van der Waals surface area contributed by atoms with E-state index in [0.717, 1.165) is 23.1 Å². The Morgan fingerprint density at radius 2 is 2.20 bits per heavy atom. The van der Waals surface area contributed by atoms with Crippen LogP contribution in [0.2, 0.25) is 0 Å². The molecular weight excluding hydrogens is 322 g/mol. The van der Waals surface area contributed by atoms with Crippen molar-refractivity contribution in [1.82, 2.24) is 4.90 Å². The SMILES string of the molecule is CC1COC(CO)CN1CCC(O)c1ccccc1Br. The summed E-state index contributed by atoms with van der Waals surface area (Å²) in [6, 6.07) is 8.08. The van der Waals surface area contributed by atoms with Gasteiger partial charge in [0.2, 0.25) is 0 Å². The molecule has 1 aliphatic heterocycles. The zero-order chi connectivity index (χ0) is 14.5. The van der Waals surface area contributed by atoms with E-state index in [1.54, 1.807) is 0 Å². The van der Waals surface area contributed by atoms with Gasteiger partial charge in [-0.15, -0.1) is 0 Å². The van der Waals surface area contributed by atoms with Crippen molar-refractivity contribution in [1.29, 1.82) is 0 Å². The summed E-state index contributed by atoms with van der Waals surface area (Å²) in [6.45, 7) is 4.31. The Morgan fingerprint density at radius 1 is 1.45 bits per heavy atom. The fraction of sp³-hybridized carbons (Fsp3) is 0.600. The summed E-state index contributed by atoms with van der Waals surface area (Å²) >= 11 is 3.47. The van der Waals surface area contributed by atoms with E-state index in [-0.39, 0.29) is 12.7 Å². The first-order valence-electron chi connectivity index (χ1n) is 7.00. The molecule has 0 saturated carbocycles. The summed E-state index contributed by atoms with van der Waals surface area (Å²) in [5.41, 5.74) is 0.923. The second kappa shape index (κ2) is 7.52. The Hall–Kier alpha value is -0.460. The average Bonchev–Trinajstić information content (AvgIpc) is 2.46. The standard InChI is InChI=1S/C15H22BrNO3/c1-11-10-20-12(9-18)8-17(11)7-6-15(19)13-4-2-3-5-14(13)16/h2-5,11-12,15,18-19H,6-10H2,1H3. The number of hydrogen-bond acceptors (Lipinski definition) is 4. The molecule has 0 amide bonds. The molecular formula is C15H22BrNO3. The highest BCUT2D eigenvalue weighted by atomic mass is 79.9. The van der Waals surface area contributed by atoms with E-state index >= 15 is 0 Å². The molecule has 2 rings (SSSR count). The zero-order valence-corrected chi connectivity index (χ0v) is 13.3. The maximum absolute atomic E-state index is 10.3. The second-order valence-corrected chi connectivity index (χ2v) is 6.16. The molecule has 0 bridgehead atoms. The fourth-order valence-electron chi connectivity index (χ4n) is 2.49. The summed E-state index contributed by atoms with van der Waals surface area (Å²) in [5.74, 6) is 0. The van der Waals surface area contributed by atoms with Crippen molar-refractivity contribution in [2.45, 2.75) is 31.6 Å². The molecule has 5 heteroatoms. The van der Waals surface area contributed by atoms with Gasteiger partial charge in [0.1, 0.15) is 0 Å². The van der Waals surface area contributed by atoms with Gasteiger partial charge in [0.05, 0.1) is 25.4 Å². The van der Waals surface area contributed by atoms with Crippen LogP contribution in [0.3, 0.4) is 0 Å². The zero-order valence-electron chi connectivity index (χ0n) is 11.7. The lowest BCUT2D eigenvalue weighted by Gasteiger charge is -2.37. The van der Waals surface area contributed by atoms with Crippen LogP contribution in [0.25, 0.3) is 0 Å². The molecule has 2 N–H and O–H groups in total. The highest BCUT2D eigenvalue weighted by Crippen LogP contribution is 2.26. The number of benzene rings is 1. The largest absolute Gasteiger partial charge is 0.394 e. The minimum Gasteiger partial charge on any atom is -0.394 e. The van der Waals surface area contributed by atoms with Gasteiger partial charge in [0, 0.05) is 23.6 Å². The first-order valence-corrected chi connectivity index (χ1v) is 7.80. The maximum Gasteiger partial charge on any atom is 0.0933 e. The van der Waals surface area contributed by atoms with E-state index in [1.165, 1.54) is 0 Å². The quantitative estimate of drug-likeness (QED) is 0.857. The van der Waals surface area contributed by atoms with Crippen molar-refractivity contribution >= 4 is 15.9 Å². The molecule has 1 aromatic rings. The number of hydrogen-bond donors (Lipinski definition) is 2. The van der Waals surface area contributed by atoms with Crippen LogP contribution in [0, 0.1) is 0 Å². The third-order valence-corrected chi connectivity index (χ3v) is 4.51. The summed E-state index contributed by atoms with van der Waals surface area (Å²) in [4.78, 5) is 2.27. The van der Waals surface area contributed by atoms with Crippen molar-refractivity contribution in [3.05, 3.63) is 34.3 Å². The lowest BCUT2D eigenvalue weighted by Crippen LogP contribution is -2.49. The highest BCUT2D eigenvalue weighted by Gasteiger charge is 2.26. The molecule has 1 aromatic carbocycles. The number of halogens is 1. The maximum atomic E-state index is 10.3. The molecule has 1 saturated heterocycles. The molecule has 0 spiro atoms. The Bertz CT molecular complexity index is 429. The molecule has 1 aliphatic rings. The van der Waals surface area contributed by atoms with E-state index in [9.17, 15) is 10.2 Å². The van der Waals surface area contributed by atoms with Crippen LogP contribution in [0.15, 0.2) is 28.7 Å². The van der Waals surface area contributed by atoms with Gasteiger partial charge in [0.25, 0.3) is 0 Å². The van der Waals surface area contributed by atoms with Crippen molar-refractivity contribution in [2.24, 2.45) is 0 Å². The van der Waals surface area contributed by atoms with Crippen molar-refractivity contribution < 1.29 is 14.9 Å².